The number of benzene rings is 1. The maximum Gasteiger partial charge on any atom is 0.411 e. The summed E-state index contributed by atoms with van der Waals surface area (Å²) in [6.45, 7) is 0.256. The number of rotatable bonds is 4. The second kappa shape index (κ2) is 5.50. The molecule has 96 valence electrons. The van der Waals surface area contributed by atoms with Gasteiger partial charge in [-0.1, -0.05) is 6.07 Å². The molecule has 0 bridgehead atoms. The fourth-order valence-electron chi connectivity index (χ4n) is 1.17. The summed E-state index contributed by atoms with van der Waals surface area (Å²) in [5.41, 5.74) is 6.65. The van der Waals surface area contributed by atoms with Crippen LogP contribution in [0.4, 0.5) is 18.9 Å². The van der Waals surface area contributed by atoms with Crippen molar-refractivity contribution in [3.8, 4) is 0 Å². The van der Waals surface area contributed by atoms with Crippen molar-refractivity contribution in [2.24, 2.45) is 0 Å². The Morgan fingerprint density at radius 1 is 1.41 bits per heavy atom. The Balaban J connectivity index is 2.62. The number of halogens is 3. The molecular weight excluding hydrogens is 255 g/mol. The Labute approximate surface area is 99.2 Å². The molecule has 0 fully saturated rings. The summed E-state index contributed by atoms with van der Waals surface area (Å²) in [6, 6.07) is 4.78. The summed E-state index contributed by atoms with van der Waals surface area (Å²) in [5.74, 6) is -0.496. The first kappa shape index (κ1) is 14.0. The van der Waals surface area contributed by atoms with Gasteiger partial charge in [-0.15, -0.1) is 0 Å². The van der Waals surface area contributed by atoms with Crippen LogP contribution in [0.15, 0.2) is 23.1 Å². The Hall–Kier alpha value is -1.08. The van der Waals surface area contributed by atoms with E-state index in [1.165, 1.54) is 0 Å². The van der Waals surface area contributed by atoms with Crippen molar-refractivity contribution in [2.75, 3.05) is 18.3 Å². The molecule has 0 aliphatic heterocycles. The molecular formula is C10H12F3NO2S. The number of anilines is 1. The Morgan fingerprint density at radius 2 is 2.06 bits per heavy atom. The first-order valence-corrected chi connectivity index (χ1v) is 6.01. The molecule has 1 aromatic rings. The van der Waals surface area contributed by atoms with Crippen molar-refractivity contribution in [1.82, 2.24) is 0 Å². The van der Waals surface area contributed by atoms with E-state index in [0.29, 0.717) is 16.1 Å². The van der Waals surface area contributed by atoms with Crippen LogP contribution in [-0.2, 0) is 15.5 Å². The molecule has 0 heterocycles. The van der Waals surface area contributed by atoms with Crippen LogP contribution in [0.2, 0.25) is 0 Å². The number of hydrogen-bond donors (Lipinski definition) is 1. The molecule has 0 aliphatic rings. The second-order valence-corrected chi connectivity index (χ2v) is 4.76. The number of ether oxygens (including phenoxy) is 1. The highest BCUT2D eigenvalue weighted by atomic mass is 32.2. The minimum absolute atomic E-state index is 0.396. The third-order valence-electron chi connectivity index (χ3n) is 2.03. The van der Waals surface area contributed by atoms with E-state index < -0.39 is 29.5 Å². The van der Waals surface area contributed by atoms with Crippen LogP contribution >= 0.6 is 0 Å². The van der Waals surface area contributed by atoms with Crippen molar-refractivity contribution in [3.63, 3.8) is 0 Å². The van der Waals surface area contributed by atoms with Gasteiger partial charge >= 0.3 is 6.18 Å². The normalized spacial score (nSPS) is 13.6. The molecule has 17 heavy (non-hydrogen) atoms. The van der Waals surface area contributed by atoms with Crippen molar-refractivity contribution in [3.05, 3.63) is 23.8 Å². The molecule has 1 atom stereocenters. The lowest BCUT2D eigenvalue weighted by Gasteiger charge is -2.10. The largest absolute Gasteiger partial charge is 0.411 e. The molecule has 0 saturated carbocycles. The molecule has 1 rings (SSSR count). The molecule has 0 aromatic heterocycles. The first-order chi connectivity index (χ1) is 7.81. The fourth-order valence-corrected chi connectivity index (χ4v) is 2.23. The highest BCUT2D eigenvalue weighted by molar-refractivity contribution is 7.85. The van der Waals surface area contributed by atoms with Crippen molar-refractivity contribution >= 4 is 16.5 Å². The van der Waals surface area contributed by atoms with Crippen LogP contribution < -0.4 is 5.73 Å². The summed E-state index contributed by atoms with van der Waals surface area (Å²) >= 11 is 0. The van der Waals surface area contributed by atoms with Crippen LogP contribution in [0.3, 0.4) is 0 Å². The third-order valence-corrected chi connectivity index (χ3v) is 3.34. The lowest BCUT2D eigenvalue weighted by molar-refractivity contribution is -0.169. The lowest BCUT2D eigenvalue weighted by Crippen LogP contribution is -2.19. The molecule has 3 nitrogen and oxygen atoms in total. The van der Waals surface area contributed by atoms with Crippen molar-refractivity contribution in [1.29, 1.82) is 0 Å². The van der Waals surface area contributed by atoms with Gasteiger partial charge in [-0.3, -0.25) is 4.21 Å². The van der Waals surface area contributed by atoms with Gasteiger partial charge in [-0.2, -0.15) is 13.2 Å². The zero-order chi connectivity index (χ0) is 13.1. The van der Waals surface area contributed by atoms with Gasteiger partial charge in [-0.05, 0) is 24.6 Å². The SMILES string of the molecule is Cc1c(N)cccc1S(=O)COCC(F)(F)F. The van der Waals surface area contributed by atoms with E-state index in [1.54, 1.807) is 25.1 Å². The summed E-state index contributed by atoms with van der Waals surface area (Å²) in [5, 5.41) is 0. The molecule has 0 saturated heterocycles. The van der Waals surface area contributed by atoms with E-state index in [4.69, 9.17) is 5.73 Å². The van der Waals surface area contributed by atoms with Gasteiger partial charge in [-0.25, -0.2) is 0 Å². The van der Waals surface area contributed by atoms with Crippen molar-refractivity contribution < 1.29 is 22.1 Å². The van der Waals surface area contributed by atoms with Gasteiger partial charge in [0.05, 0.1) is 10.8 Å². The zero-order valence-electron chi connectivity index (χ0n) is 9.08. The van der Waals surface area contributed by atoms with E-state index in [2.05, 4.69) is 4.74 Å². The summed E-state index contributed by atoms with van der Waals surface area (Å²) in [6.07, 6.45) is -4.41. The summed E-state index contributed by atoms with van der Waals surface area (Å²) in [7, 11) is -1.64. The van der Waals surface area contributed by atoms with Crippen LogP contribution in [0.5, 0.6) is 0 Å². The van der Waals surface area contributed by atoms with Gasteiger partial charge in [0.1, 0.15) is 12.5 Å². The standard InChI is InChI=1S/C10H12F3NO2S/c1-7-8(14)3-2-4-9(7)17(15)6-16-5-10(11,12)13/h2-4H,5-6,14H2,1H3. The quantitative estimate of drug-likeness (QED) is 0.851. The molecule has 0 spiro atoms. The minimum atomic E-state index is -4.41. The van der Waals surface area contributed by atoms with Crippen LogP contribution in [0.25, 0.3) is 0 Å². The molecule has 7 heteroatoms. The van der Waals surface area contributed by atoms with Crippen molar-refractivity contribution in [2.45, 2.75) is 18.0 Å². The van der Waals surface area contributed by atoms with Crippen LogP contribution in [-0.4, -0.2) is 22.9 Å². The van der Waals surface area contributed by atoms with Gasteiger partial charge in [0.25, 0.3) is 0 Å². The maximum atomic E-state index is 11.8. The predicted octanol–water partition coefficient (Wildman–Crippen LogP) is 2.22. The van der Waals surface area contributed by atoms with E-state index in [0.717, 1.165) is 0 Å². The number of nitrogens with two attached hydrogens (primary N) is 1. The average Bonchev–Trinajstić information content (AvgIpc) is 2.20. The van der Waals surface area contributed by atoms with E-state index >= 15 is 0 Å². The molecule has 0 aliphatic carbocycles. The minimum Gasteiger partial charge on any atom is -0.398 e. The molecule has 1 unspecified atom stereocenters. The highest BCUT2D eigenvalue weighted by Gasteiger charge is 2.27. The Kier molecular flexibility index (Phi) is 4.53. The zero-order valence-corrected chi connectivity index (χ0v) is 9.90. The topological polar surface area (TPSA) is 52.3 Å². The van der Waals surface area contributed by atoms with Gasteiger partial charge in [0.2, 0.25) is 0 Å². The van der Waals surface area contributed by atoms with Gasteiger partial charge in [0.15, 0.2) is 0 Å². The fraction of sp³-hybridized carbons (Fsp3) is 0.400. The molecule has 2 N–H and O–H groups in total. The van der Waals surface area contributed by atoms with Crippen LogP contribution in [0.1, 0.15) is 5.56 Å². The van der Waals surface area contributed by atoms with Crippen LogP contribution in [0, 0.1) is 6.92 Å². The number of alkyl halides is 3. The van der Waals surface area contributed by atoms with E-state index in [-0.39, 0.29) is 0 Å². The first-order valence-electron chi connectivity index (χ1n) is 4.69. The number of nitrogen functional groups attached to an aromatic ring is 1. The lowest BCUT2D eigenvalue weighted by atomic mass is 10.2. The molecule has 0 radical (unpaired) electrons. The molecule has 1 aromatic carbocycles. The second-order valence-electron chi connectivity index (χ2n) is 3.40. The summed E-state index contributed by atoms with van der Waals surface area (Å²) < 4.78 is 51.4. The number of hydrogen-bond acceptors (Lipinski definition) is 3. The Morgan fingerprint density at radius 3 is 2.65 bits per heavy atom. The monoisotopic (exact) mass is 267 g/mol. The average molecular weight is 267 g/mol. The summed E-state index contributed by atoms with van der Waals surface area (Å²) in [4.78, 5) is 0.396. The Bertz CT molecular complexity index is 421. The third kappa shape index (κ3) is 4.35. The van der Waals surface area contributed by atoms with E-state index in [9.17, 15) is 17.4 Å². The van der Waals surface area contributed by atoms with E-state index in [1.807, 2.05) is 0 Å². The van der Waals surface area contributed by atoms with Gasteiger partial charge < -0.3 is 10.5 Å². The smallest absolute Gasteiger partial charge is 0.398 e. The molecule has 0 amide bonds. The maximum absolute atomic E-state index is 11.8. The van der Waals surface area contributed by atoms with Gasteiger partial charge in [0, 0.05) is 10.6 Å². The predicted molar refractivity (Wildman–Crippen MR) is 58.9 cm³/mol. The highest BCUT2D eigenvalue weighted by Crippen LogP contribution is 2.20.